The van der Waals surface area contributed by atoms with Crippen molar-refractivity contribution in [1.29, 1.82) is 0 Å². The second kappa shape index (κ2) is 5.66. The minimum absolute atomic E-state index is 0.165. The third-order valence-corrected chi connectivity index (χ3v) is 4.62. The Morgan fingerprint density at radius 3 is 2.83 bits per heavy atom. The van der Waals surface area contributed by atoms with E-state index >= 15 is 0 Å². The lowest BCUT2D eigenvalue weighted by atomic mass is 9.97. The van der Waals surface area contributed by atoms with Gasteiger partial charge < -0.3 is 9.47 Å². The number of esters is 1. The smallest absolute Gasteiger partial charge is 0.339 e. The van der Waals surface area contributed by atoms with Crippen LogP contribution in [0.2, 0.25) is 0 Å². The average molecular weight is 332 g/mol. The Balaban J connectivity index is 1.71. The van der Waals surface area contributed by atoms with Crippen LogP contribution in [-0.4, -0.2) is 61.9 Å². The molecule has 1 aromatic carbocycles. The molecule has 0 aliphatic carbocycles. The van der Waals surface area contributed by atoms with E-state index in [0.29, 0.717) is 19.8 Å². The molecule has 2 amide bonds. The van der Waals surface area contributed by atoms with Crippen molar-refractivity contribution < 1.29 is 28.7 Å². The van der Waals surface area contributed by atoms with Crippen molar-refractivity contribution in [2.75, 3.05) is 31.8 Å². The summed E-state index contributed by atoms with van der Waals surface area (Å²) in [5.74, 6) is -2.06. The van der Waals surface area contributed by atoms with Crippen LogP contribution >= 0.6 is 0 Å². The predicted octanol–water partition coefficient (Wildman–Crippen LogP) is -0.0228. The van der Waals surface area contributed by atoms with E-state index in [9.17, 15) is 14.4 Å². The maximum absolute atomic E-state index is 12.9. The number of imide groups is 1. The van der Waals surface area contributed by atoms with Gasteiger partial charge in [0.05, 0.1) is 43.5 Å². The van der Waals surface area contributed by atoms with Gasteiger partial charge in [-0.25, -0.2) is 9.69 Å². The summed E-state index contributed by atoms with van der Waals surface area (Å²) in [7, 11) is 1.25. The zero-order valence-electron chi connectivity index (χ0n) is 13.0. The van der Waals surface area contributed by atoms with Gasteiger partial charge in [0.15, 0.2) is 6.10 Å². The first-order chi connectivity index (χ1) is 11.6. The molecule has 126 valence electrons. The van der Waals surface area contributed by atoms with E-state index in [-0.39, 0.29) is 23.2 Å². The number of amides is 2. The summed E-state index contributed by atoms with van der Waals surface area (Å²) >= 11 is 0. The number of hydrogen-bond donors (Lipinski definition) is 0. The van der Waals surface area contributed by atoms with Gasteiger partial charge >= 0.3 is 5.97 Å². The molecule has 3 saturated heterocycles. The Hall–Kier alpha value is -2.29. The molecule has 0 radical (unpaired) electrons. The predicted molar refractivity (Wildman–Crippen MR) is 80.0 cm³/mol. The van der Waals surface area contributed by atoms with Gasteiger partial charge in [-0.1, -0.05) is 12.1 Å². The third kappa shape index (κ3) is 2.07. The number of nitrogens with zero attached hydrogens (tertiary/aromatic N) is 2. The monoisotopic (exact) mass is 332 g/mol. The van der Waals surface area contributed by atoms with Crippen LogP contribution in [0.25, 0.3) is 0 Å². The molecule has 0 aromatic heterocycles. The zero-order valence-corrected chi connectivity index (χ0v) is 13.0. The SMILES string of the molecule is COC(=O)c1ccccc1N1C(=O)[C@H]2[C@H](ON3CCOC[C@@H]23)C1=O. The Labute approximate surface area is 137 Å². The standard InChI is InChI=1S/C16H16N2O6/c1-22-16(21)9-4-2-3-5-10(9)18-14(19)12-11-8-23-7-6-17(11)24-13(12)15(18)20/h2-5,11-13H,6-8H2,1H3/t11-,12+,13-/m0/s1. The fourth-order valence-corrected chi connectivity index (χ4v) is 3.50. The van der Waals surface area contributed by atoms with E-state index in [4.69, 9.17) is 14.3 Å². The lowest BCUT2D eigenvalue weighted by molar-refractivity contribution is -0.197. The largest absolute Gasteiger partial charge is 0.465 e. The molecule has 3 heterocycles. The Morgan fingerprint density at radius 1 is 1.25 bits per heavy atom. The summed E-state index contributed by atoms with van der Waals surface area (Å²) < 4.78 is 10.2. The number of ether oxygens (including phenoxy) is 2. The lowest BCUT2D eigenvalue weighted by Crippen LogP contribution is -2.47. The second-order valence-corrected chi connectivity index (χ2v) is 5.86. The molecule has 24 heavy (non-hydrogen) atoms. The van der Waals surface area contributed by atoms with Crippen LogP contribution in [-0.2, 0) is 23.9 Å². The van der Waals surface area contributed by atoms with Crippen LogP contribution in [0.3, 0.4) is 0 Å². The minimum Gasteiger partial charge on any atom is -0.465 e. The van der Waals surface area contributed by atoms with Gasteiger partial charge in [0.1, 0.15) is 0 Å². The number of carbonyl (C=O) groups is 3. The fraction of sp³-hybridized carbons (Fsp3) is 0.438. The van der Waals surface area contributed by atoms with Gasteiger partial charge in [0, 0.05) is 6.54 Å². The van der Waals surface area contributed by atoms with E-state index < -0.39 is 23.9 Å². The first-order valence-corrected chi connectivity index (χ1v) is 7.70. The highest BCUT2D eigenvalue weighted by molar-refractivity contribution is 6.25. The summed E-state index contributed by atoms with van der Waals surface area (Å²) in [4.78, 5) is 44.3. The molecule has 8 nitrogen and oxygen atoms in total. The molecule has 0 unspecified atom stereocenters. The van der Waals surface area contributed by atoms with E-state index in [0.717, 1.165) is 4.90 Å². The molecule has 1 aromatic rings. The molecule has 0 bridgehead atoms. The molecule has 3 fully saturated rings. The number of anilines is 1. The summed E-state index contributed by atoms with van der Waals surface area (Å²) in [6, 6.07) is 6.10. The third-order valence-electron chi connectivity index (χ3n) is 4.62. The first-order valence-electron chi connectivity index (χ1n) is 7.70. The summed E-state index contributed by atoms with van der Waals surface area (Å²) in [5.41, 5.74) is 0.388. The van der Waals surface area contributed by atoms with Crippen LogP contribution in [0, 0.1) is 5.92 Å². The number of fused-ring (bicyclic) bond motifs is 3. The summed E-state index contributed by atoms with van der Waals surface area (Å²) in [6.07, 6.45) is -0.866. The van der Waals surface area contributed by atoms with Crippen LogP contribution < -0.4 is 4.90 Å². The number of rotatable bonds is 2. The van der Waals surface area contributed by atoms with Crippen LogP contribution in [0.4, 0.5) is 5.69 Å². The van der Waals surface area contributed by atoms with Crippen molar-refractivity contribution in [3.63, 3.8) is 0 Å². The number of benzene rings is 1. The molecular formula is C16H16N2O6. The molecule has 3 aliphatic heterocycles. The number of methoxy groups -OCH3 is 1. The van der Waals surface area contributed by atoms with Crippen molar-refractivity contribution in [1.82, 2.24) is 5.06 Å². The van der Waals surface area contributed by atoms with Gasteiger partial charge in [-0.15, -0.1) is 0 Å². The molecule has 0 spiro atoms. The fourth-order valence-electron chi connectivity index (χ4n) is 3.50. The molecule has 8 heteroatoms. The number of hydrogen-bond acceptors (Lipinski definition) is 7. The van der Waals surface area contributed by atoms with Crippen molar-refractivity contribution >= 4 is 23.5 Å². The van der Waals surface area contributed by atoms with E-state index in [1.807, 2.05) is 0 Å². The van der Waals surface area contributed by atoms with E-state index in [1.54, 1.807) is 23.3 Å². The maximum Gasteiger partial charge on any atom is 0.339 e. The maximum atomic E-state index is 12.9. The van der Waals surface area contributed by atoms with Crippen molar-refractivity contribution in [2.24, 2.45) is 5.92 Å². The Kier molecular flexibility index (Phi) is 3.60. The van der Waals surface area contributed by atoms with Gasteiger partial charge in [0.2, 0.25) is 5.91 Å². The van der Waals surface area contributed by atoms with Gasteiger partial charge in [-0.05, 0) is 12.1 Å². The van der Waals surface area contributed by atoms with Crippen LogP contribution in [0.5, 0.6) is 0 Å². The number of hydroxylamine groups is 2. The molecule has 3 aliphatic rings. The van der Waals surface area contributed by atoms with Crippen molar-refractivity contribution in [2.45, 2.75) is 12.1 Å². The summed E-state index contributed by atoms with van der Waals surface area (Å²) in [6.45, 7) is 1.37. The second-order valence-electron chi connectivity index (χ2n) is 5.86. The van der Waals surface area contributed by atoms with E-state index in [2.05, 4.69) is 0 Å². The number of carbonyl (C=O) groups excluding carboxylic acids is 3. The molecule has 0 saturated carbocycles. The number of para-hydroxylation sites is 1. The quantitative estimate of drug-likeness (QED) is 0.556. The van der Waals surface area contributed by atoms with E-state index in [1.165, 1.54) is 13.2 Å². The highest BCUT2D eigenvalue weighted by atomic mass is 16.7. The minimum atomic E-state index is -0.866. The molecule has 3 atom stereocenters. The molecule has 0 N–H and O–H groups in total. The highest BCUT2D eigenvalue weighted by Crippen LogP contribution is 2.39. The zero-order chi connectivity index (χ0) is 16.8. The average Bonchev–Trinajstić information content (AvgIpc) is 3.11. The van der Waals surface area contributed by atoms with Gasteiger partial charge in [-0.2, -0.15) is 5.06 Å². The topological polar surface area (TPSA) is 85.4 Å². The van der Waals surface area contributed by atoms with Crippen LogP contribution in [0.15, 0.2) is 24.3 Å². The van der Waals surface area contributed by atoms with Gasteiger partial charge in [0.25, 0.3) is 5.91 Å². The van der Waals surface area contributed by atoms with Crippen molar-refractivity contribution in [3.05, 3.63) is 29.8 Å². The van der Waals surface area contributed by atoms with Crippen LogP contribution in [0.1, 0.15) is 10.4 Å². The molecular weight excluding hydrogens is 316 g/mol. The normalized spacial score (nSPS) is 29.5. The first kappa shape index (κ1) is 15.3. The lowest BCUT2D eigenvalue weighted by Gasteiger charge is -2.30. The van der Waals surface area contributed by atoms with Gasteiger partial charge in [-0.3, -0.25) is 14.4 Å². The highest BCUT2D eigenvalue weighted by Gasteiger charge is 2.60. The molecule has 4 rings (SSSR count). The Bertz CT molecular complexity index is 720. The Morgan fingerprint density at radius 2 is 2.04 bits per heavy atom. The van der Waals surface area contributed by atoms with Crippen molar-refractivity contribution in [3.8, 4) is 0 Å². The number of morpholine rings is 1. The summed E-state index contributed by atoms with van der Waals surface area (Å²) in [5, 5.41) is 1.66.